The lowest BCUT2D eigenvalue weighted by Gasteiger charge is -2.34. The zero-order valence-electron chi connectivity index (χ0n) is 35.1. The Kier molecular flexibility index (Phi) is 8.20. The van der Waals surface area contributed by atoms with Crippen molar-refractivity contribution in [3.8, 4) is 55.6 Å². The predicted molar refractivity (Wildman–Crippen MR) is 269 cm³/mol. The third kappa shape index (κ3) is 5.25. The summed E-state index contributed by atoms with van der Waals surface area (Å²) in [4.78, 5) is 2.58. The van der Waals surface area contributed by atoms with E-state index >= 15 is 0 Å². The quantitative estimate of drug-likeness (QED) is 0.151. The molecule has 298 valence electrons. The van der Waals surface area contributed by atoms with Gasteiger partial charge in [0.1, 0.15) is 0 Å². The Morgan fingerprint density at radius 2 is 0.688 bits per heavy atom. The molecule has 0 unspecified atom stereocenters. The highest BCUT2D eigenvalue weighted by atomic mass is 15.1. The molecule has 0 amide bonds. The van der Waals surface area contributed by atoms with Gasteiger partial charge in [-0.3, -0.25) is 0 Å². The molecule has 0 atom stereocenters. The van der Waals surface area contributed by atoms with Crippen LogP contribution in [0.25, 0.3) is 77.2 Å². The van der Waals surface area contributed by atoms with Gasteiger partial charge >= 0.3 is 0 Å². The van der Waals surface area contributed by atoms with E-state index in [1.807, 2.05) is 0 Å². The Labute approximate surface area is 373 Å². The molecule has 0 aliphatic heterocycles. The number of nitrogens with zero attached hydrogens (tertiary/aromatic N) is 1. The SMILES string of the molecule is c1ccc(-c2ccc(-c3c(N(c4ccc5c(c4)C4(c6ccccc6-c6ccccc64)c4ccccc4-5)c4ccccc4-c4ccccc4)c4ccccc4c4ccccc34)cc2)cc1. The minimum absolute atomic E-state index is 0.485. The van der Waals surface area contributed by atoms with Gasteiger partial charge in [-0.2, -0.15) is 0 Å². The average Bonchev–Trinajstić information content (AvgIpc) is 3.84. The molecule has 0 fully saturated rings. The number of benzene rings is 11. The van der Waals surface area contributed by atoms with Gasteiger partial charge in [0.25, 0.3) is 0 Å². The zero-order chi connectivity index (χ0) is 42.2. The molecule has 13 rings (SSSR count). The number of rotatable bonds is 6. The number of hydrogen-bond donors (Lipinski definition) is 0. The maximum absolute atomic E-state index is 2.58. The summed E-state index contributed by atoms with van der Waals surface area (Å²) in [6.45, 7) is 0. The molecule has 2 aliphatic rings. The molecule has 11 aromatic carbocycles. The van der Waals surface area contributed by atoms with E-state index in [1.165, 1.54) is 99.4 Å². The van der Waals surface area contributed by atoms with Crippen molar-refractivity contribution in [2.45, 2.75) is 5.41 Å². The number of hydrogen-bond acceptors (Lipinski definition) is 1. The van der Waals surface area contributed by atoms with Crippen LogP contribution in [0.5, 0.6) is 0 Å². The molecule has 0 heterocycles. The molecule has 0 saturated carbocycles. The van der Waals surface area contributed by atoms with Crippen molar-refractivity contribution in [2.24, 2.45) is 0 Å². The summed E-state index contributed by atoms with van der Waals surface area (Å²) >= 11 is 0. The van der Waals surface area contributed by atoms with Crippen LogP contribution < -0.4 is 4.90 Å². The molecule has 0 aromatic heterocycles. The third-order valence-corrected chi connectivity index (χ3v) is 13.9. The summed E-state index contributed by atoms with van der Waals surface area (Å²) in [5.41, 5.74) is 20.5. The first-order valence-electron chi connectivity index (χ1n) is 22.3. The van der Waals surface area contributed by atoms with Crippen LogP contribution >= 0.6 is 0 Å². The number of anilines is 3. The summed E-state index contributed by atoms with van der Waals surface area (Å²) < 4.78 is 0. The molecule has 1 heteroatoms. The van der Waals surface area contributed by atoms with Crippen LogP contribution in [0.4, 0.5) is 17.1 Å². The van der Waals surface area contributed by atoms with E-state index in [-0.39, 0.29) is 0 Å². The topological polar surface area (TPSA) is 3.24 Å². The molecule has 64 heavy (non-hydrogen) atoms. The van der Waals surface area contributed by atoms with Gasteiger partial charge in [-0.05, 0) is 101 Å². The Hall–Kier alpha value is -8.26. The van der Waals surface area contributed by atoms with E-state index in [2.05, 4.69) is 254 Å². The highest BCUT2D eigenvalue weighted by molar-refractivity contribution is 6.23. The highest BCUT2D eigenvalue weighted by Gasteiger charge is 2.51. The fraction of sp³-hybridized carbons (Fsp3) is 0.0159. The molecular formula is C63H41N. The lowest BCUT2D eigenvalue weighted by atomic mass is 9.70. The first-order chi connectivity index (χ1) is 31.8. The first-order valence-corrected chi connectivity index (χ1v) is 22.3. The van der Waals surface area contributed by atoms with E-state index in [4.69, 9.17) is 0 Å². The van der Waals surface area contributed by atoms with E-state index in [0.717, 1.165) is 17.1 Å². The minimum Gasteiger partial charge on any atom is -0.309 e. The standard InChI is InChI=1S/C63H41N/c1-3-19-42(20-4-1)43-35-37-45(38-36-43)61-54-29-9-7-24-48(54)49-25-8-10-30-55(49)62(61)64(60-34-18-14-23-47(60)44-21-5-2-6-22-44)46-39-40-53-52-28-13-17-33-58(52)63(59(53)41-46)56-31-15-11-26-50(56)51-27-12-16-32-57(51)63/h1-41H. The van der Waals surface area contributed by atoms with Gasteiger partial charge in [0.05, 0.1) is 16.8 Å². The Bertz CT molecular complexity index is 3540. The molecular weight excluding hydrogens is 771 g/mol. The summed E-state index contributed by atoms with van der Waals surface area (Å²) in [5.74, 6) is 0. The molecule has 0 saturated heterocycles. The van der Waals surface area contributed by atoms with Crippen LogP contribution in [-0.4, -0.2) is 0 Å². The average molecular weight is 812 g/mol. The number of para-hydroxylation sites is 1. The van der Waals surface area contributed by atoms with Crippen molar-refractivity contribution in [3.63, 3.8) is 0 Å². The smallest absolute Gasteiger partial charge is 0.0726 e. The normalized spacial score (nSPS) is 12.8. The van der Waals surface area contributed by atoms with Crippen molar-refractivity contribution >= 4 is 38.6 Å². The molecule has 0 bridgehead atoms. The maximum atomic E-state index is 2.58. The lowest BCUT2D eigenvalue weighted by molar-refractivity contribution is 0.793. The second-order valence-electron chi connectivity index (χ2n) is 17.1. The fourth-order valence-corrected chi connectivity index (χ4v) is 11.2. The van der Waals surface area contributed by atoms with Crippen LogP contribution in [0.3, 0.4) is 0 Å². The molecule has 2 aliphatic carbocycles. The van der Waals surface area contributed by atoms with Gasteiger partial charge in [-0.25, -0.2) is 0 Å². The van der Waals surface area contributed by atoms with Gasteiger partial charge in [-0.1, -0.05) is 231 Å². The predicted octanol–water partition coefficient (Wildman–Crippen LogP) is 16.8. The van der Waals surface area contributed by atoms with Crippen LogP contribution in [0.1, 0.15) is 22.3 Å². The van der Waals surface area contributed by atoms with Crippen LogP contribution in [0.2, 0.25) is 0 Å². The summed E-state index contributed by atoms with van der Waals surface area (Å²) in [5, 5.41) is 4.88. The van der Waals surface area contributed by atoms with Gasteiger partial charge in [0, 0.05) is 22.2 Å². The van der Waals surface area contributed by atoms with E-state index in [0.29, 0.717) is 0 Å². The zero-order valence-corrected chi connectivity index (χ0v) is 35.1. The van der Waals surface area contributed by atoms with Crippen molar-refractivity contribution in [2.75, 3.05) is 4.90 Å². The molecule has 1 nitrogen and oxygen atoms in total. The summed E-state index contributed by atoms with van der Waals surface area (Å²) in [6.07, 6.45) is 0. The maximum Gasteiger partial charge on any atom is 0.0726 e. The van der Waals surface area contributed by atoms with Crippen molar-refractivity contribution < 1.29 is 0 Å². The third-order valence-electron chi connectivity index (χ3n) is 13.9. The van der Waals surface area contributed by atoms with Gasteiger partial charge in [0.15, 0.2) is 0 Å². The van der Waals surface area contributed by atoms with Crippen molar-refractivity contribution in [1.29, 1.82) is 0 Å². The van der Waals surface area contributed by atoms with Crippen molar-refractivity contribution in [1.82, 2.24) is 0 Å². The molecule has 0 N–H and O–H groups in total. The first kappa shape index (κ1) is 36.4. The van der Waals surface area contributed by atoms with E-state index < -0.39 is 5.41 Å². The second-order valence-corrected chi connectivity index (χ2v) is 17.1. The van der Waals surface area contributed by atoms with E-state index in [9.17, 15) is 0 Å². The van der Waals surface area contributed by atoms with Crippen molar-refractivity contribution in [3.05, 3.63) is 271 Å². The van der Waals surface area contributed by atoms with Crippen LogP contribution in [0, 0.1) is 0 Å². The van der Waals surface area contributed by atoms with E-state index in [1.54, 1.807) is 0 Å². The van der Waals surface area contributed by atoms with Gasteiger partial charge < -0.3 is 4.90 Å². The molecule has 0 radical (unpaired) electrons. The Morgan fingerprint density at radius 1 is 0.266 bits per heavy atom. The Morgan fingerprint density at radius 3 is 1.30 bits per heavy atom. The second kappa shape index (κ2) is 14.4. The minimum atomic E-state index is -0.485. The highest BCUT2D eigenvalue weighted by Crippen LogP contribution is 2.64. The monoisotopic (exact) mass is 811 g/mol. The largest absolute Gasteiger partial charge is 0.309 e. The Balaban J connectivity index is 1.16. The number of fused-ring (bicyclic) bond motifs is 13. The molecule has 1 spiro atoms. The van der Waals surface area contributed by atoms with Crippen LogP contribution in [0.15, 0.2) is 249 Å². The summed E-state index contributed by atoms with van der Waals surface area (Å²) in [6, 6.07) is 92.3. The van der Waals surface area contributed by atoms with Gasteiger partial charge in [0.2, 0.25) is 0 Å². The fourth-order valence-electron chi connectivity index (χ4n) is 11.2. The molecule has 11 aromatic rings. The van der Waals surface area contributed by atoms with Gasteiger partial charge in [-0.15, -0.1) is 0 Å². The van der Waals surface area contributed by atoms with Crippen LogP contribution in [-0.2, 0) is 5.41 Å². The summed E-state index contributed by atoms with van der Waals surface area (Å²) in [7, 11) is 0. The lowest BCUT2D eigenvalue weighted by Crippen LogP contribution is -2.26.